The summed E-state index contributed by atoms with van der Waals surface area (Å²) in [5.74, 6) is -1.49. The van der Waals surface area contributed by atoms with Crippen LogP contribution in [0.25, 0.3) is 0 Å². The van der Waals surface area contributed by atoms with Crippen molar-refractivity contribution in [3.63, 3.8) is 0 Å². The maximum Gasteiger partial charge on any atom is 0.343 e. The van der Waals surface area contributed by atoms with E-state index in [2.05, 4.69) is 5.32 Å². The van der Waals surface area contributed by atoms with Crippen LogP contribution in [0.15, 0.2) is 36.0 Å². The lowest BCUT2D eigenvalue weighted by Gasteiger charge is -2.07. The van der Waals surface area contributed by atoms with Crippen molar-refractivity contribution in [1.29, 1.82) is 0 Å². The van der Waals surface area contributed by atoms with E-state index in [4.69, 9.17) is 4.74 Å². The van der Waals surface area contributed by atoms with Gasteiger partial charge in [0.2, 0.25) is 0 Å². The summed E-state index contributed by atoms with van der Waals surface area (Å²) < 4.78 is 18.3. The summed E-state index contributed by atoms with van der Waals surface area (Å²) in [6.45, 7) is 3.67. The summed E-state index contributed by atoms with van der Waals surface area (Å²) in [4.78, 5) is 23.6. The molecule has 0 amide bonds. The van der Waals surface area contributed by atoms with Gasteiger partial charge in [0.1, 0.15) is 11.4 Å². The molecule has 108 valence electrons. The Morgan fingerprint density at radius 2 is 2.00 bits per heavy atom. The van der Waals surface area contributed by atoms with Gasteiger partial charge in [-0.2, -0.15) is 0 Å². The number of benzene rings is 1. The smallest absolute Gasteiger partial charge is 0.343 e. The zero-order valence-corrected chi connectivity index (χ0v) is 11.6. The molecule has 1 aromatic carbocycles. The van der Waals surface area contributed by atoms with Crippen LogP contribution in [0.5, 0.6) is 0 Å². The van der Waals surface area contributed by atoms with E-state index in [9.17, 15) is 14.0 Å². The zero-order valence-electron chi connectivity index (χ0n) is 11.6. The molecule has 0 atom stereocenters. The SMILES string of the molecule is CCCC(=O)C(=CNc1ccccc1F)C(=O)OCC. The highest BCUT2D eigenvalue weighted by atomic mass is 19.1. The van der Waals surface area contributed by atoms with E-state index in [0.29, 0.717) is 6.42 Å². The maximum absolute atomic E-state index is 13.4. The number of anilines is 1. The Labute approximate surface area is 117 Å². The first-order valence-electron chi connectivity index (χ1n) is 6.51. The Bertz CT molecular complexity index is 492. The van der Waals surface area contributed by atoms with Gasteiger partial charge >= 0.3 is 5.97 Å². The molecule has 1 N–H and O–H groups in total. The molecule has 0 aliphatic rings. The predicted octanol–water partition coefficient (Wildman–Crippen LogP) is 3.05. The van der Waals surface area contributed by atoms with E-state index >= 15 is 0 Å². The Kier molecular flexibility index (Phi) is 6.43. The van der Waals surface area contributed by atoms with Crippen LogP contribution in [0.4, 0.5) is 10.1 Å². The molecule has 0 unspecified atom stereocenters. The number of nitrogens with one attached hydrogen (secondary N) is 1. The van der Waals surface area contributed by atoms with Crippen molar-refractivity contribution in [2.24, 2.45) is 0 Å². The molecule has 20 heavy (non-hydrogen) atoms. The van der Waals surface area contributed by atoms with E-state index in [1.807, 2.05) is 6.92 Å². The quantitative estimate of drug-likeness (QED) is 0.361. The molecule has 0 heterocycles. The molecule has 1 rings (SSSR count). The molecule has 0 fully saturated rings. The fourth-order valence-electron chi connectivity index (χ4n) is 1.55. The molecule has 4 nitrogen and oxygen atoms in total. The fraction of sp³-hybridized carbons (Fsp3) is 0.333. The van der Waals surface area contributed by atoms with Gasteiger partial charge in [-0.3, -0.25) is 4.79 Å². The number of ether oxygens (including phenoxy) is 1. The van der Waals surface area contributed by atoms with Crippen LogP contribution < -0.4 is 5.32 Å². The third-order valence-electron chi connectivity index (χ3n) is 2.52. The molecule has 0 saturated heterocycles. The molecule has 0 bridgehead atoms. The number of hydrogen-bond donors (Lipinski definition) is 1. The van der Waals surface area contributed by atoms with Gasteiger partial charge in [0.05, 0.1) is 12.3 Å². The first-order valence-corrected chi connectivity index (χ1v) is 6.51. The van der Waals surface area contributed by atoms with Crippen molar-refractivity contribution in [1.82, 2.24) is 0 Å². The number of carbonyl (C=O) groups is 2. The third-order valence-corrected chi connectivity index (χ3v) is 2.52. The minimum Gasteiger partial charge on any atom is -0.462 e. The minimum atomic E-state index is -0.699. The standard InChI is InChI=1S/C15H18FNO3/c1-3-7-14(18)11(15(19)20-4-2)10-17-13-9-6-5-8-12(13)16/h5-6,8-10,17H,3-4,7H2,1-2H3. The second-order valence-corrected chi connectivity index (χ2v) is 4.08. The van der Waals surface area contributed by atoms with Crippen LogP contribution in [0.1, 0.15) is 26.7 Å². The molecular formula is C15H18FNO3. The highest BCUT2D eigenvalue weighted by Gasteiger charge is 2.18. The molecule has 1 aromatic rings. The van der Waals surface area contributed by atoms with E-state index in [1.54, 1.807) is 19.1 Å². The number of carbonyl (C=O) groups excluding carboxylic acids is 2. The summed E-state index contributed by atoms with van der Waals surface area (Å²) in [7, 11) is 0. The number of halogens is 1. The lowest BCUT2D eigenvalue weighted by Crippen LogP contribution is -2.17. The van der Waals surface area contributed by atoms with Crippen molar-refractivity contribution in [2.45, 2.75) is 26.7 Å². The van der Waals surface area contributed by atoms with Gasteiger partial charge in [-0.15, -0.1) is 0 Å². The average Bonchev–Trinajstić information content (AvgIpc) is 2.41. The van der Waals surface area contributed by atoms with Crippen molar-refractivity contribution in [2.75, 3.05) is 11.9 Å². The monoisotopic (exact) mass is 279 g/mol. The highest BCUT2D eigenvalue weighted by Crippen LogP contribution is 2.14. The van der Waals surface area contributed by atoms with Crippen LogP contribution in [-0.2, 0) is 14.3 Å². The second kappa shape index (κ2) is 8.09. The topological polar surface area (TPSA) is 55.4 Å². The number of para-hydroxylation sites is 1. The molecule has 0 saturated carbocycles. The third kappa shape index (κ3) is 4.50. The van der Waals surface area contributed by atoms with Crippen molar-refractivity contribution < 1.29 is 18.7 Å². The maximum atomic E-state index is 13.4. The van der Waals surface area contributed by atoms with E-state index in [0.717, 1.165) is 0 Å². The van der Waals surface area contributed by atoms with Crippen LogP contribution in [0, 0.1) is 5.82 Å². The first-order chi connectivity index (χ1) is 9.60. The van der Waals surface area contributed by atoms with Gasteiger partial charge in [-0.1, -0.05) is 19.1 Å². The van der Waals surface area contributed by atoms with Gasteiger partial charge in [0.25, 0.3) is 0 Å². The van der Waals surface area contributed by atoms with Gasteiger partial charge < -0.3 is 10.1 Å². The summed E-state index contributed by atoms with van der Waals surface area (Å²) in [6.07, 6.45) is 2.06. The Balaban J connectivity index is 2.92. The van der Waals surface area contributed by atoms with E-state index in [-0.39, 0.29) is 30.1 Å². The molecule has 0 spiro atoms. The van der Waals surface area contributed by atoms with Crippen LogP contribution in [0.2, 0.25) is 0 Å². The number of rotatable bonds is 7. The summed E-state index contributed by atoms with van der Waals surface area (Å²) in [5.41, 5.74) is 0.0931. The number of Topliss-reactive ketones (excluding diaryl/α,β-unsaturated/α-hetero) is 1. The zero-order chi connectivity index (χ0) is 15.0. The predicted molar refractivity (Wildman–Crippen MR) is 74.7 cm³/mol. The number of ketones is 1. The van der Waals surface area contributed by atoms with Crippen molar-refractivity contribution >= 4 is 17.4 Å². The van der Waals surface area contributed by atoms with E-state index in [1.165, 1.54) is 18.3 Å². The minimum absolute atomic E-state index is 0.100. The molecule has 0 aliphatic carbocycles. The normalized spacial score (nSPS) is 11.1. The molecular weight excluding hydrogens is 261 g/mol. The summed E-state index contributed by atoms with van der Waals surface area (Å²) in [5, 5.41) is 2.63. The second-order valence-electron chi connectivity index (χ2n) is 4.08. The van der Waals surface area contributed by atoms with Crippen LogP contribution >= 0.6 is 0 Å². The molecule has 5 heteroatoms. The molecule has 0 aromatic heterocycles. The first kappa shape index (κ1) is 15.9. The van der Waals surface area contributed by atoms with Gasteiger partial charge in [0.15, 0.2) is 5.78 Å². The van der Waals surface area contributed by atoms with Gasteiger partial charge in [0, 0.05) is 12.6 Å². The van der Waals surface area contributed by atoms with Crippen molar-refractivity contribution in [3.8, 4) is 0 Å². The number of hydrogen-bond acceptors (Lipinski definition) is 4. The summed E-state index contributed by atoms with van der Waals surface area (Å²) in [6, 6.07) is 6.00. The number of esters is 1. The van der Waals surface area contributed by atoms with Gasteiger partial charge in [-0.05, 0) is 25.5 Å². The summed E-state index contributed by atoms with van der Waals surface area (Å²) >= 11 is 0. The largest absolute Gasteiger partial charge is 0.462 e. The van der Waals surface area contributed by atoms with Crippen LogP contribution in [-0.4, -0.2) is 18.4 Å². The molecule has 0 radical (unpaired) electrons. The molecule has 0 aliphatic heterocycles. The lowest BCUT2D eigenvalue weighted by molar-refractivity contribution is -0.140. The Morgan fingerprint density at radius 1 is 1.30 bits per heavy atom. The lowest BCUT2D eigenvalue weighted by atomic mass is 10.1. The van der Waals surface area contributed by atoms with Crippen LogP contribution in [0.3, 0.4) is 0 Å². The fourth-order valence-corrected chi connectivity index (χ4v) is 1.55. The van der Waals surface area contributed by atoms with Gasteiger partial charge in [-0.25, -0.2) is 9.18 Å². The highest BCUT2D eigenvalue weighted by molar-refractivity contribution is 6.17. The van der Waals surface area contributed by atoms with E-state index < -0.39 is 11.8 Å². The van der Waals surface area contributed by atoms with Crippen molar-refractivity contribution in [3.05, 3.63) is 41.9 Å². The Hall–Kier alpha value is -2.17. The Morgan fingerprint density at radius 3 is 2.60 bits per heavy atom. The average molecular weight is 279 g/mol.